The summed E-state index contributed by atoms with van der Waals surface area (Å²) < 4.78 is 33.6. The molecule has 0 radical (unpaired) electrons. The van der Waals surface area contributed by atoms with Gasteiger partial charge in [0.15, 0.2) is 6.10 Å². The van der Waals surface area contributed by atoms with Crippen LogP contribution in [-0.4, -0.2) is 81.2 Å². The van der Waals surface area contributed by atoms with Crippen LogP contribution >= 0.6 is 7.82 Å². The number of hydrogen-bond acceptors (Lipinski definition) is 9. The van der Waals surface area contributed by atoms with Crippen LogP contribution in [0.4, 0.5) is 0 Å². The Morgan fingerprint density at radius 2 is 1.07 bits per heavy atom. The molecule has 0 amide bonds. The van der Waals surface area contributed by atoms with Crippen molar-refractivity contribution in [1.82, 2.24) is 0 Å². The molecule has 0 aliphatic carbocycles. The lowest BCUT2D eigenvalue weighted by Gasteiger charge is -2.28. The van der Waals surface area contributed by atoms with E-state index in [9.17, 15) is 24.2 Å². The van der Waals surface area contributed by atoms with Crippen LogP contribution in [0, 0.1) is 0 Å². The van der Waals surface area contributed by atoms with Gasteiger partial charge in [-0.1, -0.05) is 148 Å². The fourth-order valence-electron chi connectivity index (χ4n) is 4.88. The third kappa shape index (κ3) is 44.0. The number of carbonyl (C=O) groups excluding carboxylic acids is 2. The summed E-state index contributed by atoms with van der Waals surface area (Å²) in [6.07, 6.45) is 53.9. The number of nitrogens with zero attached hydrogens (tertiary/aromatic N) is 1. The summed E-state index contributed by atoms with van der Waals surface area (Å²) in [4.78, 5) is 37.5. The zero-order chi connectivity index (χ0) is 45.1. The summed E-state index contributed by atoms with van der Waals surface area (Å²) >= 11 is 0. The number of allylic oxidation sites excluding steroid dienone is 21. The molecule has 0 aliphatic rings. The predicted molar refractivity (Wildman–Crippen MR) is 250 cm³/mol. The van der Waals surface area contributed by atoms with Gasteiger partial charge in [-0.05, 0) is 83.5 Å². The van der Waals surface area contributed by atoms with E-state index in [1.165, 1.54) is 0 Å². The van der Waals surface area contributed by atoms with Crippen LogP contribution in [0.2, 0.25) is 0 Å². The normalized spacial score (nSPS) is 15.3. The number of ether oxygens (including phenoxy) is 2. The second-order valence-electron chi connectivity index (χ2n) is 15.1. The molecule has 0 bridgehead atoms. The summed E-state index contributed by atoms with van der Waals surface area (Å²) in [7, 11) is 0.979. The smallest absolute Gasteiger partial charge is 0.306 e. The largest absolute Gasteiger partial charge is 0.756 e. The van der Waals surface area contributed by atoms with Crippen molar-refractivity contribution in [2.24, 2.45) is 0 Å². The number of phosphoric acid groups is 1. The first-order valence-electron chi connectivity index (χ1n) is 22.0. The first-order valence-corrected chi connectivity index (χ1v) is 23.5. The van der Waals surface area contributed by atoms with Crippen LogP contribution in [0.15, 0.2) is 134 Å². The molecule has 0 rings (SSSR count). The SMILES string of the molecule is CC/C=C\C/C=C\C/C=C\C/C=C\C=C\C(O)CCCC(=O)O[C@H](COC(=O)CC/C=C\C/C=C\C/C=C\C/C=C\C/C=C\C/C=C\CC)COP(=O)([O-])OCC[N+](C)(C)C. The van der Waals surface area contributed by atoms with Gasteiger partial charge in [-0.3, -0.25) is 14.2 Å². The van der Waals surface area contributed by atoms with Gasteiger partial charge in [0.25, 0.3) is 7.82 Å². The molecule has 0 aromatic heterocycles. The van der Waals surface area contributed by atoms with Crippen LogP contribution < -0.4 is 4.89 Å². The second kappa shape index (κ2) is 40.2. The molecule has 0 aromatic rings. The highest BCUT2D eigenvalue weighted by atomic mass is 31.2. The average molecular weight is 868 g/mol. The van der Waals surface area contributed by atoms with Gasteiger partial charge in [-0.15, -0.1) is 0 Å². The minimum absolute atomic E-state index is 0.0307. The van der Waals surface area contributed by atoms with Gasteiger partial charge in [-0.2, -0.15) is 0 Å². The van der Waals surface area contributed by atoms with E-state index in [0.717, 1.165) is 64.2 Å². The maximum Gasteiger partial charge on any atom is 0.306 e. The molecule has 0 aliphatic heterocycles. The van der Waals surface area contributed by atoms with Crippen molar-refractivity contribution in [3.8, 4) is 0 Å². The van der Waals surface area contributed by atoms with Crippen LogP contribution in [-0.2, 0) is 32.7 Å². The molecule has 61 heavy (non-hydrogen) atoms. The number of rotatable bonds is 37. The van der Waals surface area contributed by atoms with E-state index < -0.39 is 38.6 Å². The van der Waals surface area contributed by atoms with Crippen molar-refractivity contribution in [1.29, 1.82) is 0 Å². The molecule has 342 valence electrons. The van der Waals surface area contributed by atoms with Gasteiger partial charge in [0.2, 0.25) is 0 Å². The molecule has 1 N–H and O–H groups in total. The second-order valence-corrected chi connectivity index (χ2v) is 16.6. The quantitative estimate of drug-likeness (QED) is 0.0213. The number of likely N-dealkylation sites (N-methyl/N-ethyl adjacent to an activating group) is 1. The number of esters is 2. The Balaban J connectivity index is 4.71. The van der Waals surface area contributed by atoms with Crippen LogP contribution in [0.1, 0.15) is 110 Å². The topological polar surface area (TPSA) is 131 Å². The number of quaternary nitrogens is 1. The zero-order valence-electron chi connectivity index (χ0n) is 37.9. The number of aliphatic hydroxyl groups excluding tert-OH is 1. The van der Waals surface area contributed by atoms with Crippen LogP contribution in [0.5, 0.6) is 0 Å². The summed E-state index contributed by atoms with van der Waals surface area (Å²) in [5.41, 5.74) is 0. The van der Waals surface area contributed by atoms with Crippen molar-refractivity contribution in [3.05, 3.63) is 134 Å². The van der Waals surface area contributed by atoms with Gasteiger partial charge in [0.1, 0.15) is 19.8 Å². The molecule has 0 spiro atoms. The third-order valence-electron chi connectivity index (χ3n) is 8.28. The zero-order valence-corrected chi connectivity index (χ0v) is 38.8. The van der Waals surface area contributed by atoms with Crippen molar-refractivity contribution in [2.45, 2.75) is 122 Å². The summed E-state index contributed by atoms with van der Waals surface area (Å²) in [5, 5.41) is 10.3. The third-order valence-corrected chi connectivity index (χ3v) is 9.25. The summed E-state index contributed by atoms with van der Waals surface area (Å²) in [6.45, 7) is 3.64. The van der Waals surface area contributed by atoms with Gasteiger partial charge < -0.3 is 33.0 Å². The van der Waals surface area contributed by atoms with Gasteiger partial charge in [0.05, 0.1) is 33.9 Å². The van der Waals surface area contributed by atoms with E-state index in [-0.39, 0.29) is 26.1 Å². The average Bonchev–Trinajstić information content (AvgIpc) is 3.21. The van der Waals surface area contributed by atoms with Crippen molar-refractivity contribution in [3.63, 3.8) is 0 Å². The monoisotopic (exact) mass is 868 g/mol. The number of hydrogen-bond donors (Lipinski definition) is 1. The Bertz CT molecular complexity index is 1510. The highest BCUT2D eigenvalue weighted by Gasteiger charge is 2.21. The van der Waals surface area contributed by atoms with Gasteiger partial charge in [0, 0.05) is 12.8 Å². The summed E-state index contributed by atoms with van der Waals surface area (Å²) in [6, 6.07) is 0. The highest BCUT2D eigenvalue weighted by Crippen LogP contribution is 2.38. The van der Waals surface area contributed by atoms with E-state index in [1.54, 1.807) is 12.2 Å². The molecule has 3 atom stereocenters. The van der Waals surface area contributed by atoms with Crippen LogP contribution in [0.25, 0.3) is 0 Å². The number of carbonyl (C=O) groups is 2. The lowest BCUT2D eigenvalue weighted by Crippen LogP contribution is -2.37. The highest BCUT2D eigenvalue weighted by molar-refractivity contribution is 7.45. The van der Waals surface area contributed by atoms with Crippen LogP contribution in [0.3, 0.4) is 0 Å². The minimum atomic E-state index is -4.71. The lowest BCUT2D eigenvalue weighted by atomic mass is 10.1. The van der Waals surface area contributed by atoms with Crippen molar-refractivity contribution in [2.75, 3.05) is 47.5 Å². The molecule has 11 heteroatoms. The van der Waals surface area contributed by atoms with E-state index in [2.05, 4.69) is 111 Å². The van der Waals surface area contributed by atoms with Crippen molar-refractivity contribution < 1.29 is 47.2 Å². The van der Waals surface area contributed by atoms with E-state index in [4.69, 9.17) is 18.5 Å². The molecule has 0 fully saturated rings. The molecule has 2 unspecified atom stereocenters. The standard InChI is InChI=1S/C50H78NO9P/c1-6-8-10-12-14-16-18-20-21-22-23-24-25-27-29-31-33-35-37-41-49(53)57-45-48(46-59-61(55,56)58-44-43-51(3,4)5)60-50(54)42-38-40-47(52)39-36-34-32-30-28-26-19-17-15-13-11-9-7-2/h8-11,14-17,20-21,23-24,26-29,32-36,39,47-48,52H,6-7,12-13,18-19,22,25,30-31,37-38,40-46H2,1-5H3/b10-8-,11-9-,16-14-,17-15-,21-20-,24-23-,28-26-,29-27-,34-32-,35-33-,39-36+/t47?,48-/m1/s1. The van der Waals surface area contributed by atoms with Gasteiger partial charge >= 0.3 is 11.9 Å². The van der Waals surface area contributed by atoms with E-state index in [0.29, 0.717) is 30.3 Å². The Morgan fingerprint density at radius 1 is 0.607 bits per heavy atom. The maximum absolute atomic E-state index is 12.7. The molecule has 0 saturated heterocycles. The molecule has 0 heterocycles. The van der Waals surface area contributed by atoms with E-state index in [1.807, 2.05) is 45.4 Å². The summed E-state index contributed by atoms with van der Waals surface area (Å²) in [5.74, 6) is -1.15. The molecule has 0 saturated carbocycles. The maximum atomic E-state index is 12.7. The minimum Gasteiger partial charge on any atom is -0.756 e. The Kier molecular flexibility index (Phi) is 37.6. The molecular weight excluding hydrogens is 790 g/mol. The lowest BCUT2D eigenvalue weighted by molar-refractivity contribution is -0.870. The van der Waals surface area contributed by atoms with Gasteiger partial charge in [-0.25, -0.2) is 0 Å². The Morgan fingerprint density at radius 3 is 1.54 bits per heavy atom. The predicted octanol–water partition coefficient (Wildman–Crippen LogP) is 11.0. The molecule has 10 nitrogen and oxygen atoms in total. The Labute approximate surface area is 369 Å². The van der Waals surface area contributed by atoms with E-state index >= 15 is 0 Å². The fraction of sp³-hybridized carbons (Fsp3) is 0.520. The van der Waals surface area contributed by atoms with Crippen molar-refractivity contribution >= 4 is 19.8 Å². The first kappa shape index (κ1) is 57.1. The fourth-order valence-corrected chi connectivity index (χ4v) is 5.61. The molecular formula is C50H78NO9P. The molecule has 0 aromatic carbocycles. The first-order chi connectivity index (χ1) is 29.4. The number of phosphoric ester groups is 1. The number of aliphatic hydroxyl groups is 1. The Hall–Kier alpha value is -3.89.